The molecular formula is C19H28ClNO. The molecule has 1 unspecified atom stereocenters. The summed E-state index contributed by atoms with van der Waals surface area (Å²) in [6.07, 6.45) is 15.8. The van der Waals surface area contributed by atoms with Crippen molar-refractivity contribution in [3.63, 3.8) is 0 Å². The van der Waals surface area contributed by atoms with Crippen LogP contribution in [-0.2, 0) is 4.79 Å². The molecule has 1 fully saturated rings. The van der Waals surface area contributed by atoms with Crippen LogP contribution >= 0.6 is 11.6 Å². The number of amides is 1. The monoisotopic (exact) mass is 321 g/mol. The Morgan fingerprint density at radius 2 is 1.86 bits per heavy atom. The Bertz CT molecular complexity index is 488. The van der Waals surface area contributed by atoms with Gasteiger partial charge in [-0.1, -0.05) is 55.5 Å². The molecule has 0 heterocycles. The molecule has 2 nitrogen and oxygen atoms in total. The molecule has 0 aromatic rings. The fourth-order valence-corrected chi connectivity index (χ4v) is 3.52. The minimum atomic E-state index is -0.353. The lowest BCUT2D eigenvalue weighted by Gasteiger charge is -2.27. The first-order valence-corrected chi connectivity index (χ1v) is 8.82. The van der Waals surface area contributed by atoms with Crippen LogP contribution in [0.3, 0.4) is 0 Å². The van der Waals surface area contributed by atoms with E-state index in [1.807, 2.05) is 39.0 Å². The van der Waals surface area contributed by atoms with Gasteiger partial charge in [-0.15, -0.1) is 0 Å². The van der Waals surface area contributed by atoms with Crippen LogP contribution in [0.1, 0.15) is 59.3 Å². The van der Waals surface area contributed by atoms with Crippen molar-refractivity contribution < 1.29 is 4.79 Å². The molecule has 1 amide bonds. The normalized spacial score (nSPS) is 25.7. The lowest BCUT2D eigenvalue weighted by atomic mass is 9.87. The van der Waals surface area contributed by atoms with Gasteiger partial charge in [-0.05, 0) is 51.2 Å². The largest absolute Gasteiger partial charge is 0.351 e. The molecule has 3 heteroatoms. The van der Waals surface area contributed by atoms with E-state index in [-0.39, 0.29) is 17.4 Å². The molecule has 0 radical (unpaired) electrons. The number of halogens is 1. The summed E-state index contributed by atoms with van der Waals surface area (Å²) in [4.78, 5) is 12.6. The first-order chi connectivity index (χ1) is 10.4. The molecule has 2 rings (SSSR count). The van der Waals surface area contributed by atoms with Crippen molar-refractivity contribution in [1.29, 1.82) is 0 Å². The number of nitrogens with one attached hydrogen (secondary N) is 1. The summed E-state index contributed by atoms with van der Waals surface area (Å²) in [5.74, 6) is 0.224. The zero-order valence-corrected chi connectivity index (χ0v) is 14.7. The number of rotatable bonds is 2. The van der Waals surface area contributed by atoms with Crippen LogP contribution in [0.4, 0.5) is 0 Å². The highest BCUT2D eigenvalue weighted by molar-refractivity contribution is 6.32. The van der Waals surface area contributed by atoms with Gasteiger partial charge in [0, 0.05) is 10.6 Å². The second-order valence-electron chi connectivity index (χ2n) is 7.50. The topological polar surface area (TPSA) is 29.1 Å². The zero-order valence-electron chi connectivity index (χ0n) is 14.0. The van der Waals surface area contributed by atoms with E-state index in [2.05, 4.69) is 11.4 Å². The van der Waals surface area contributed by atoms with Crippen molar-refractivity contribution in [1.82, 2.24) is 5.32 Å². The fraction of sp³-hybridized carbons (Fsp3) is 0.632. The third kappa shape index (κ3) is 5.01. The zero-order chi connectivity index (χ0) is 16.2. The van der Waals surface area contributed by atoms with Gasteiger partial charge in [0.25, 0.3) is 0 Å². The SMILES string of the molecule is CC(C)(C)NC(=O)C1C(Cl)=CC=CC1=CC1CCCCCC1. The number of hydrogen-bond acceptors (Lipinski definition) is 1. The third-order valence-electron chi connectivity index (χ3n) is 4.24. The van der Waals surface area contributed by atoms with Gasteiger partial charge in [-0.2, -0.15) is 0 Å². The Labute approximate surface area is 139 Å². The van der Waals surface area contributed by atoms with Gasteiger partial charge in [-0.25, -0.2) is 0 Å². The van der Waals surface area contributed by atoms with Crippen LogP contribution in [0, 0.1) is 11.8 Å². The number of allylic oxidation sites excluding steroid dienone is 4. The minimum absolute atomic E-state index is 0.00188. The Morgan fingerprint density at radius 1 is 1.23 bits per heavy atom. The highest BCUT2D eigenvalue weighted by Crippen LogP contribution is 2.33. The van der Waals surface area contributed by atoms with Gasteiger partial charge in [-0.3, -0.25) is 4.79 Å². The van der Waals surface area contributed by atoms with Crippen LogP contribution in [-0.4, -0.2) is 11.4 Å². The maximum Gasteiger partial charge on any atom is 0.233 e. The summed E-state index contributed by atoms with van der Waals surface area (Å²) >= 11 is 6.36. The van der Waals surface area contributed by atoms with E-state index < -0.39 is 0 Å². The summed E-state index contributed by atoms with van der Waals surface area (Å²) in [6.45, 7) is 5.99. The predicted molar refractivity (Wildman–Crippen MR) is 93.7 cm³/mol. The van der Waals surface area contributed by atoms with E-state index in [0.717, 1.165) is 5.57 Å². The van der Waals surface area contributed by atoms with E-state index in [1.54, 1.807) is 0 Å². The molecule has 122 valence electrons. The van der Waals surface area contributed by atoms with Crippen molar-refractivity contribution in [3.05, 3.63) is 34.9 Å². The van der Waals surface area contributed by atoms with E-state index in [4.69, 9.17) is 11.6 Å². The highest BCUT2D eigenvalue weighted by atomic mass is 35.5. The number of carbonyl (C=O) groups excluding carboxylic acids is 1. The molecule has 0 spiro atoms. The smallest absolute Gasteiger partial charge is 0.233 e. The number of carbonyl (C=O) groups is 1. The van der Waals surface area contributed by atoms with Gasteiger partial charge in [0.05, 0.1) is 5.92 Å². The molecule has 2 aliphatic rings. The second-order valence-corrected chi connectivity index (χ2v) is 7.94. The van der Waals surface area contributed by atoms with Gasteiger partial charge >= 0.3 is 0 Å². The molecule has 1 N–H and O–H groups in total. The Kier molecular flexibility index (Phi) is 5.91. The third-order valence-corrected chi connectivity index (χ3v) is 4.59. The van der Waals surface area contributed by atoms with Gasteiger partial charge in [0.15, 0.2) is 0 Å². The van der Waals surface area contributed by atoms with Crippen LogP contribution < -0.4 is 5.32 Å². The molecule has 0 bridgehead atoms. The van der Waals surface area contributed by atoms with Crippen molar-refractivity contribution in [2.45, 2.75) is 64.8 Å². The predicted octanol–water partition coefficient (Wildman–Crippen LogP) is 5.11. The van der Waals surface area contributed by atoms with Gasteiger partial charge < -0.3 is 5.32 Å². The molecule has 1 saturated carbocycles. The summed E-state index contributed by atoms with van der Waals surface area (Å²) in [5, 5.41) is 3.67. The lowest BCUT2D eigenvalue weighted by Crippen LogP contribution is -2.44. The Hall–Kier alpha value is -1.02. The maximum absolute atomic E-state index is 12.6. The first-order valence-electron chi connectivity index (χ1n) is 8.44. The van der Waals surface area contributed by atoms with E-state index in [9.17, 15) is 4.79 Å². The van der Waals surface area contributed by atoms with E-state index in [0.29, 0.717) is 11.0 Å². The van der Waals surface area contributed by atoms with Gasteiger partial charge in [0.1, 0.15) is 0 Å². The molecule has 0 aromatic heterocycles. The van der Waals surface area contributed by atoms with Crippen molar-refractivity contribution in [2.24, 2.45) is 11.8 Å². The average Bonchev–Trinajstić information content (AvgIpc) is 2.65. The molecule has 0 saturated heterocycles. The van der Waals surface area contributed by atoms with Crippen LogP contribution in [0.25, 0.3) is 0 Å². The maximum atomic E-state index is 12.6. The lowest BCUT2D eigenvalue weighted by molar-refractivity contribution is -0.124. The average molecular weight is 322 g/mol. The van der Waals surface area contributed by atoms with E-state index in [1.165, 1.54) is 38.5 Å². The van der Waals surface area contributed by atoms with E-state index >= 15 is 0 Å². The highest BCUT2D eigenvalue weighted by Gasteiger charge is 2.29. The van der Waals surface area contributed by atoms with Crippen molar-refractivity contribution in [3.8, 4) is 0 Å². The van der Waals surface area contributed by atoms with Crippen LogP contribution in [0.2, 0.25) is 0 Å². The van der Waals surface area contributed by atoms with Crippen LogP contribution in [0.15, 0.2) is 34.9 Å². The summed E-state index contributed by atoms with van der Waals surface area (Å²) < 4.78 is 0. The molecular weight excluding hydrogens is 294 g/mol. The number of hydrogen-bond donors (Lipinski definition) is 1. The summed E-state index contributed by atoms with van der Waals surface area (Å²) in [7, 11) is 0. The van der Waals surface area contributed by atoms with Crippen molar-refractivity contribution >= 4 is 17.5 Å². The second kappa shape index (κ2) is 7.50. The van der Waals surface area contributed by atoms with Gasteiger partial charge in [0.2, 0.25) is 5.91 Å². The molecule has 2 aliphatic carbocycles. The van der Waals surface area contributed by atoms with Crippen molar-refractivity contribution in [2.75, 3.05) is 0 Å². The summed E-state index contributed by atoms with van der Waals surface area (Å²) in [6, 6.07) is 0. The first kappa shape index (κ1) is 17.3. The Morgan fingerprint density at radius 3 is 2.45 bits per heavy atom. The molecule has 1 atom stereocenters. The minimum Gasteiger partial charge on any atom is -0.351 e. The molecule has 0 aromatic carbocycles. The van der Waals surface area contributed by atoms with Crippen LogP contribution in [0.5, 0.6) is 0 Å². The standard InChI is InChI=1S/C19H28ClNO/c1-19(2,3)21-18(22)17-15(11-8-12-16(17)20)13-14-9-6-4-5-7-10-14/h8,11-14,17H,4-7,9-10H2,1-3H3,(H,21,22). The molecule has 0 aliphatic heterocycles. The molecule has 22 heavy (non-hydrogen) atoms. The summed E-state index contributed by atoms with van der Waals surface area (Å²) in [5.41, 5.74) is 0.809. The quantitative estimate of drug-likeness (QED) is 0.704. The fourth-order valence-electron chi connectivity index (χ4n) is 3.22. The Balaban J connectivity index is 2.18.